The SMILES string of the molecule is O=C(Nc1nnc(CSc2ccccc2)o1)C1CCCN1S(=O)(=O)c1cccs1. The van der Waals surface area contributed by atoms with E-state index in [2.05, 4.69) is 15.5 Å². The van der Waals surface area contributed by atoms with Gasteiger partial charge in [0.25, 0.3) is 10.0 Å². The van der Waals surface area contributed by atoms with Crippen LogP contribution in [0.2, 0.25) is 0 Å². The standard InChI is InChI=1S/C18H18N4O4S3/c23-17(14-8-4-10-22(14)29(24,25)16-9-5-11-27-16)19-18-21-20-15(26-18)12-28-13-6-2-1-3-7-13/h1-3,5-7,9,11,14H,4,8,10,12H2,(H,19,21,23). The number of hydrogen-bond donors (Lipinski definition) is 1. The van der Waals surface area contributed by atoms with E-state index < -0.39 is 22.0 Å². The average molecular weight is 451 g/mol. The van der Waals surface area contributed by atoms with E-state index in [9.17, 15) is 13.2 Å². The molecule has 1 aliphatic heterocycles. The van der Waals surface area contributed by atoms with Crippen molar-refractivity contribution in [2.75, 3.05) is 11.9 Å². The zero-order valence-electron chi connectivity index (χ0n) is 15.2. The first-order valence-corrected chi connectivity index (χ1v) is 12.2. The van der Waals surface area contributed by atoms with Gasteiger partial charge in [-0.05, 0) is 36.4 Å². The van der Waals surface area contributed by atoms with Crippen LogP contribution < -0.4 is 5.32 Å². The summed E-state index contributed by atoms with van der Waals surface area (Å²) in [4.78, 5) is 13.7. The highest BCUT2D eigenvalue weighted by Crippen LogP contribution is 2.29. The number of sulfonamides is 1. The lowest BCUT2D eigenvalue weighted by atomic mass is 10.2. The fourth-order valence-corrected chi connectivity index (χ4v) is 6.56. The number of amides is 1. The summed E-state index contributed by atoms with van der Waals surface area (Å²) in [6.45, 7) is 0.307. The number of nitrogens with one attached hydrogen (secondary N) is 1. The van der Waals surface area contributed by atoms with Gasteiger partial charge in [0.2, 0.25) is 11.8 Å². The van der Waals surface area contributed by atoms with Crippen molar-refractivity contribution in [3.05, 3.63) is 53.7 Å². The lowest BCUT2D eigenvalue weighted by Gasteiger charge is -2.21. The molecule has 2 aromatic heterocycles. The monoisotopic (exact) mass is 450 g/mol. The summed E-state index contributed by atoms with van der Waals surface area (Å²) in [5.41, 5.74) is 0. The largest absolute Gasteiger partial charge is 0.407 e. The lowest BCUT2D eigenvalue weighted by molar-refractivity contribution is -0.119. The molecule has 29 heavy (non-hydrogen) atoms. The predicted molar refractivity (Wildman–Crippen MR) is 110 cm³/mol. The highest BCUT2D eigenvalue weighted by atomic mass is 32.2. The van der Waals surface area contributed by atoms with Gasteiger partial charge in [-0.15, -0.1) is 28.2 Å². The van der Waals surface area contributed by atoms with Gasteiger partial charge in [-0.2, -0.15) is 4.31 Å². The van der Waals surface area contributed by atoms with Crippen LogP contribution in [0.1, 0.15) is 18.7 Å². The third-order valence-corrected chi connectivity index (χ3v) is 8.64. The topological polar surface area (TPSA) is 105 Å². The number of rotatable bonds is 7. The summed E-state index contributed by atoms with van der Waals surface area (Å²) in [7, 11) is -3.69. The van der Waals surface area contributed by atoms with Gasteiger partial charge in [0.05, 0.1) is 5.75 Å². The molecule has 1 aliphatic rings. The molecule has 1 aromatic carbocycles. The molecule has 0 aliphatic carbocycles. The number of nitrogens with zero attached hydrogens (tertiary/aromatic N) is 3. The Balaban J connectivity index is 1.39. The fraction of sp³-hybridized carbons (Fsp3) is 0.278. The van der Waals surface area contributed by atoms with Gasteiger partial charge in [-0.3, -0.25) is 10.1 Å². The van der Waals surface area contributed by atoms with Crippen molar-refractivity contribution in [3.63, 3.8) is 0 Å². The van der Waals surface area contributed by atoms with Gasteiger partial charge in [0, 0.05) is 11.4 Å². The zero-order valence-corrected chi connectivity index (χ0v) is 17.7. The Morgan fingerprint density at radius 3 is 2.83 bits per heavy atom. The first-order valence-electron chi connectivity index (χ1n) is 8.90. The molecule has 4 rings (SSSR count). The first kappa shape index (κ1) is 20.1. The number of benzene rings is 1. The number of anilines is 1. The zero-order chi connectivity index (χ0) is 20.3. The molecule has 8 nitrogen and oxygen atoms in total. The summed E-state index contributed by atoms with van der Waals surface area (Å²) in [5.74, 6) is 0.382. The predicted octanol–water partition coefficient (Wildman–Crippen LogP) is 3.22. The molecule has 1 fully saturated rings. The molecular weight excluding hydrogens is 432 g/mol. The van der Waals surface area contributed by atoms with E-state index in [-0.39, 0.29) is 10.2 Å². The van der Waals surface area contributed by atoms with E-state index in [0.29, 0.717) is 31.0 Å². The van der Waals surface area contributed by atoms with Gasteiger partial charge < -0.3 is 4.42 Å². The fourth-order valence-electron chi connectivity index (χ4n) is 3.03. The maximum atomic E-state index is 12.8. The van der Waals surface area contributed by atoms with E-state index in [1.54, 1.807) is 17.5 Å². The van der Waals surface area contributed by atoms with Crippen molar-refractivity contribution >= 4 is 45.0 Å². The number of carbonyl (C=O) groups is 1. The van der Waals surface area contributed by atoms with E-state index in [0.717, 1.165) is 16.2 Å². The summed E-state index contributed by atoms with van der Waals surface area (Å²) in [6, 6.07) is 12.2. The molecule has 0 spiro atoms. The lowest BCUT2D eigenvalue weighted by Crippen LogP contribution is -2.42. The van der Waals surface area contributed by atoms with Crippen molar-refractivity contribution in [3.8, 4) is 0 Å². The molecule has 0 radical (unpaired) electrons. The van der Waals surface area contributed by atoms with Crippen molar-refractivity contribution in [2.45, 2.75) is 33.7 Å². The molecule has 1 unspecified atom stereocenters. The summed E-state index contributed by atoms with van der Waals surface area (Å²) >= 11 is 2.67. The van der Waals surface area contributed by atoms with Crippen LogP contribution in [-0.4, -0.2) is 41.4 Å². The van der Waals surface area contributed by atoms with Gasteiger partial charge in [0.1, 0.15) is 10.3 Å². The van der Waals surface area contributed by atoms with Crippen molar-refractivity contribution in [2.24, 2.45) is 0 Å². The highest BCUT2D eigenvalue weighted by molar-refractivity contribution is 7.98. The molecule has 0 bridgehead atoms. The summed E-state index contributed by atoms with van der Waals surface area (Å²) in [5, 5.41) is 12.0. The molecule has 1 amide bonds. The molecule has 11 heteroatoms. The number of hydrogen-bond acceptors (Lipinski definition) is 8. The smallest absolute Gasteiger partial charge is 0.322 e. The van der Waals surface area contributed by atoms with Gasteiger partial charge in [0.15, 0.2) is 0 Å². The van der Waals surface area contributed by atoms with Crippen LogP contribution in [0.15, 0.2) is 61.4 Å². The molecular formula is C18H18N4O4S3. The Labute approximate surface area is 176 Å². The summed E-state index contributed by atoms with van der Waals surface area (Å²) < 4.78 is 32.5. The van der Waals surface area contributed by atoms with Crippen LogP contribution >= 0.6 is 23.1 Å². The Bertz CT molecular complexity index is 1070. The minimum absolute atomic E-state index is 0.0287. The Kier molecular flexibility index (Phi) is 5.99. The van der Waals surface area contributed by atoms with Crippen LogP contribution in [-0.2, 0) is 20.6 Å². The quantitative estimate of drug-likeness (QED) is 0.551. The number of carbonyl (C=O) groups excluding carboxylic acids is 1. The molecule has 3 heterocycles. The summed E-state index contributed by atoms with van der Waals surface area (Å²) in [6.07, 6.45) is 1.06. The third kappa shape index (κ3) is 4.53. The van der Waals surface area contributed by atoms with Crippen LogP contribution in [0.4, 0.5) is 6.01 Å². The highest BCUT2D eigenvalue weighted by Gasteiger charge is 2.40. The molecule has 152 valence electrons. The van der Waals surface area contributed by atoms with Crippen molar-refractivity contribution in [1.29, 1.82) is 0 Å². The number of thiophene rings is 1. The Morgan fingerprint density at radius 2 is 2.07 bits per heavy atom. The molecule has 3 aromatic rings. The van der Waals surface area contributed by atoms with Gasteiger partial charge >= 0.3 is 6.01 Å². The second-order valence-corrected chi connectivity index (χ2v) is 10.4. The van der Waals surface area contributed by atoms with Crippen LogP contribution in [0.3, 0.4) is 0 Å². The van der Waals surface area contributed by atoms with Crippen molar-refractivity contribution in [1.82, 2.24) is 14.5 Å². The second-order valence-electron chi connectivity index (χ2n) is 6.30. The van der Waals surface area contributed by atoms with E-state index >= 15 is 0 Å². The maximum Gasteiger partial charge on any atom is 0.322 e. The minimum Gasteiger partial charge on any atom is -0.407 e. The normalized spacial score (nSPS) is 17.4. The number of thioether (sulfide) groups is 1. The minimum atomic E-state index is -3.69. The van der Waals surface area contributed by atoms with E-state index in [1.807, 2.05) is 30.3 Å². The van der Waals surface area contributed by atoms with Gasteiger partial charge in [-0.1, -0.05) is 29.4 Å². The first-order chi connectivity index (χ1) is 14.0. The number of aromatic nitrogens is 2. The average Bonchev–Trinajstić information content (AvgIpc) is 3.48. The Morgan fingerprint density at radius 1 is 1.24 bits per heavy atom. The van der Waals surface area contributed by atoms with Crippen molar-refractivity contribution < 1.29 is 17.6 Å². The van der Waals surface area contributed by atoms with E-state index in [4.69, 9.17) is 4.42 Å². The van der Waals surface area contributed by atoms with E-state index in [1.165, 1.54) is 16.1 Å². The maximum absolute atomic E-state index is 12.8. The molecule has 1 atom stereocenters. The third-order valence-electron chi connectivity index (χ3n) is 4.37. The van der Waals surface area contributed by atoms with Crippen LogP contribution in [0, 0.1) is 0 Å². The van der Waals surface area contributed by atoms with Crippen LogP contribution in [0.25, 0.3) is 0 Å². The second kappa shape index (κ2) is 8.66. The molecule has 0 saturated carbocycles. The molecule has 1 N–H and O–H groups in total. The van der Waals surface area contributed by atoms with Crippen LogP contribution in [0.5, 0.6) is 0 Å². The van der Waals surface area contributed by atoms with Gasteiger partial charge in [-0.25, -0.2) is 8.42 Å². The Hall–Kier alpha value is -2.21. The molecule has 1 saturated heterocycles.